The number of hydrogen-bond acceptors (Lipinski definition) is 5. The summed E-state index contributed by atoms with van der Waals surface area (Å²) < 4.78 is 10.3. The lowest BCUT2D eigenvalue weighted by atomic mass is 10.2. The summed E-state index contributed by atoms with van der Waals surface area (Å²) in [5.41, 5.74) is 1.19. The van der Waals surface area contributed by atoms with Crippen LogP contribution >= 0.6 is 11.6 Å². The second kappa shape index (κ2) is 7.36. The zero-order valence-electron chi connectivity index (χ0n) is 13.7. The van der Waals surface area contributed by atoms with Gasteiger partial charge in [0.1, 0.15) is 11.8 Å². The Morgan fingerprint density at radius 2 is 1.92 bits per heavy atom. The summed E-state index contributed by atoms with van der Waals surface area (Å²) >= 11 is 6.14. The molecule has 0 fully saturated rings. The summed E-state index contributed by atoms with van der Waals surface area (Å²) in [5, 5.41) is 7.29. The zero-order valence-corrected chi connectivity index (χ0v) is 14.4. The third-order valence-corrected chi connectivity index (χ3v) is 3.96. The molecule has 128 valence electrons. The number of amides is 1. The Balaban J connectivity index is 1.72. The molecule has 0 aliphatic rings. The largest absolute Gasteiger partial charge is 0.497 e. The number of ether oxygens (including phenoxy) is 1. The molecular formula is C18H16ClN3O3. The number of rotatable bonds is 5. The van der Waals surface area contributed by atoms with Gasteiger partial charge in [0.25, 0.3) is 5.91 Å². The van der Waals surface area contributed by atoms with Crippen molar-refractivity contribution in [3.8, 4) is 17.1 Å². The minimum absolute atomic E-state index is 0.243. The van der Waals surface area contributed by atoms with Crippen LogP contribution in [-0.4, -0.2) is 23.2 Å². The number of nitrogens with one attached hydrogen (secondary N) is 1. The highest BCUT2D eigenvalue weighted by atomic mass is 35.5. The van der Waals surface area contributed by atoms with E-state index in [1.54, 1.807) is 50.4 Å². The summed E-state index contributed by atoms with van der Waals surface area (Å²) in [5.74, 6) is 1.13. The number of carbonyl (C=O) groups is 1. The molecule has 0 spiro atoms. The van der Waals surface area contributed by atoms with Gasteiger partial charge in [0.15, 0.2) is 0 Å². The molecule has 1 N–H and O–H groups in total. The fraction of sp³-hybridized carbons (Fsp3) is 0.167. The Bertz CT molecular complexity index is 877. The molecule has 1 heterocycles. The number of hydrogen-bond donors (Lipinski definition) is 1. The molecule has 7 heteroatoms. The highest BCUT2D eigenvalue weighted by Gasteiger charge is 2.19. The van der Waals surface area contributed by atoms with Gasteiger partial charge in [-0.3, -0.25) is 4.79 Å². The van der Waals surface area contributed by atoms with Crippen molar-refractivity contribution in [2.24, 2.45) is 0 Å². The van der Waals surface area contributed by atoms with Crippen molar-refractivity contribution in [1.82, 2.24) is 15.5 Å². The summed E-state index contributed by atoms with van der Waals surface area (Å²) in [6, 6.07) is 13.6. The number of carbonyl (C=O) groups excluding carboxylic acids is 1. The maximum Gasteiger partial charge on any atom is 0.251 e. The molecule has 1 amide bonds. The van der Waals surface area contributed by atoms with Crippen molar-refractivity contribution in [2.75, 3.05) is 7.11 Å². The minimum atomic E-state index is -0.446. The standard InChI is InChI=1S/C18H16ClN3O3/c1-11(20-17(23)12-7-9-13(24-2)10-8-12)18-21-16(22-25-18)14-5-3-4-6-15(14)19/h3-11H,1-2H3,(H,20,23). The van der Waals surface area contributed by atoms with Gasteiger partial charge >= 0.3 is 0 Å². The molecule has 0 bridgehead atoms. The number of aromatic nitrogens is 2. The first kappa shape index (κ1) is 17.0. The van der Waals surface area contributed by atoms with Crippen molar-refractivity contribution in [3.05, 3.63) is 65.0 Å². The Morgan fingerprint density at radius 3 is 2.60 bits per heavy atom. The first-order chi connectivity index (χ1) is 12.1. The average Bonchev–Trinajstić information content (AvgIpc) is 3.12. The molecule has 0 saturated carbocycles. The second-order valence-corrected chi connectivity index (χ2v) is 5.77. The van der Waals surface area contributed by atoms with Gasteiger partial charge in [-0.1, -0.05) is 28.9 Å². The van der Waals surface area contributed by atoms with E-state index in [4.69, 9.17) is 20.9 Å². The van der Waals surface area contributed by atoms with Crippen molar-refractivity contribution in [2.45, 2.75) is 13.0 Å². The van der Waals surface area contributed by atoms with Crippen LogP contribution in [0.4, 0.5) is 0 Å². The number of methoxy groups -OCH3 is 1. The van der Waals surface area contributed by atoms with E-state index in [0.29, 0.717) is 33.6 Å². The summed E-state index contributed by atoms with van der Waals surface area (Å²) in [4.78, 5) is 16.6. The Morgan fingerprint density at radius 1 is 1.20 bits per heavy atom. The van der Waals surface area contributed by atoms with E-state index in [1.807, 2.05) is 12.1 Å². The minimum Gasteiger partial charge on any atom is -0.497 e. The van der Waals surface area contributed by atoms with Gasteiger partial charge in [0.2, 0.25) is 11.7 Å². The SMILES string of the molecule is COc1ccc(C(=O)NC(C)c2nc(-c3ccccc3Cl)no2)cc1. The quantitative estimate of drug-likeness (QED) is 0.749. The van der Waals surface area contributed by atoms with Crippen LogP contribution in [-0.2, 0) is 0 Å². The lowest BCUT2D eigenvalue weighted by molar-refractivity contribution is 0.0932. The highest BCUT2D eigenvalue weighted by Crippen LogP contribution is 2.26. The maximum atomic E-state index is 12.3. The molecule has 1 atom stereocenters. The van der Waals surface area contributed by atoms with E-state index in [2.05, 4.69) is 15.5 Å². The molecule has 0 radical (unpaired) electrons. The van der Waals surface area contributed by atoms with Crippen molar-refractivity contribution >= 4 is 17.5 Å². The number of benzene rings is 2. The van der Waals surface area contributed by atoms with E-state index >= 15 is 0 Å². The number of nitrogens with zero attached hydrogens (tertiary/aromatic N) is 2. The average molecular weight is 358 g/mol. The van der Waals surface area contributed by atoms with Crippen LogP contribution < -0.4 is 10.1 Å². The first-order valence-electron chi connectivity index (χ1n) is 7.62. The van der Waals surface area contributed by atoms with Gasteiger partial charge in [-0.15, -0.1) is 0 Å². The fourth-order valence-electron chi connectivity index (χ4n) is 2.25. The van der Waals surface area contributed by atoms with Crippen LogP contribution in [0.25, 0.3) is 11.4 Å². The van der Waals surface area contributed by atoms with Crippen LogP contribution in [0.5, 0.6) is 5.75 Å². The fourth-order valence-corrected chi connectivity index (χ4v) is 2.47. The van der Waals surface area contributed by atoms with E-state index in [-0.39, 0.29) is 5.91 Å². The summed E-state index contributed by atoms with van der Waals surface area (Å²) in [6.45, 7) is 1.77. The molecule has 3 rings (SSSR count). The molecule has 1 unspecified atom stereocenters. The maximum absolute atomic E-state index is 12.3. The van der Waals surface area contributed by atoms with Crippen LogP contribution in [0.1, 0.15) is 29.2 Å². The molecule has 3 aromatic rings. The molecular weight excluding hydrogens is 342 g/mol. The van der Waals surface area contributed by atoms with E-state index in [9.17, 15) is 4.79 Å². The van der Waals surface area contributed by atoms with Crippen molar-refractivity contribution < 1.29 is 14.1 Å². The molecule has 25 heavy (non-hydrogen) atoms. The van der Waals surface area contributed by atoms with Crippen LogP contribution in [0.15, 0.2) is 53.1 Å². The van der Waals surface area contributed by atoms with Crippen LogP contribution in [0.3, 0.4) is 0 Å². The van der Waals surface area contributed by atoms with Gasteiger partial charge in [0, 0.05) is 11.1 Å². The van der Waals surface area contributed by atoms with Crippen molar-refractivity contribution in [3.63, 3.8) is 0 Å². The van der Waals surface area contributed by atoms with E-state index in [0.717, 1.165) is 0 Å². The summed E-state index contributed by atoms with van der Waals surface area (Å²) in [7, 11) is 1.57. The Hall–Kier alpha value is -2.86. The highest BCUT2D eigenvalue weighted by molar-refractivity contribution is 6.33. The van der Waals surface area contributed by atoms with Gasteiger partial charge in [0.05, 0.1) is 12.1 Å². The number of halogens is 1. The van der Waals surface area contributed by atoms with Gasteiger partial charge in [-0.25, -0.2) is 0 Å². The molecule has 0 aliphatic heterocycles. The zero-order chi connectivity index (χ0) is 17.8. The molecule has 0 aliphatic carbocycles. The van der Waals surface area contributed by atoms with E-state index in [1.165, 1.54) is 0 Å². The summed E-state index contributed by atoms with van der Waals surface area (Å²) in [6.07, 6.45) is 0. The lowest BCUT2D eigenvalue weighted by Gasteiger charge is -2.10. The first-order valence-corrected chi connectivity index (χ1v) is 7.99. The lowest BCUT2D eigenvalue weighted by Crippen LogP contribution is -2.26. The molecule has 6 nitrogen and oxygen atoms in total. The topological polar surface area (TPSA) is 77.2 Å². The molecule has 0 saturated heterocycles. The predicted molar refractivity (Wildman–Crippen MR) is 93.6 cm³/mol. The molecule has 2 aromatic carbocycles. The Labute approximate surface area is 149 Å². The predicted octanol–water partition coefficient (Wildman–Crippen LogP) is 3.89. The third-order valence-electron chi connectivity index (χ3n) is 3.63. The van der Waals surface area contributed by atoms with Gasteiger partial charge in [-0.05, 0) is 43.3 Å². The van der Waals surface area contributed by atoms with Crippen molar-refractivity contribution in [1.29, 1.82) is 0 Å². The Kier molecular flexibility index (Phi) is 5.00. The van der Waals surface area contributed by atoms with Crippen LogP contribution in [0, 0.1) is 0 Å². The van der Waals surface area contributed by atoms with Crippen LogP contribution in [0.2, 0.25) is 5.02 Å². The normalized spacial score (nSPS) is 11.8. The van der Waals surface area contributed by atoms with Gasteiger partial charge in [-0.2, -0.15) is 4.98 Å². The van der Waals surface area contributed by atoms with Gasteiger partial charge < -0.3 is 14.6 Å². The molecule has 1 aromatic heterocycles. The monoisotopic (exact) mass is 357 g/mol. The second-order valence-electron chi connectivity index (χ2n) is 5.36. The smallest absolute Gasteiger partial charge is 0.251 e. The van der Waals surface area contributed by atoms with E-state index < -0.39 is 6.04 Å². The third kappa shape index (κ3) is 3.80.